The van der Waals surface area contributed by atoms with Crippen molar-refractivity contribution in [3.63, 3.8) is 0 Å². The molecule has 0 aliphatic rings. The molecule has 0 amide bonds. The number of carbonyl (C=O) groups excluding carboxylic acids is 2. The second-order valence-corrected chi connectivity index (χ2v) is 4.26. The van der Waals surface area contributed by atoms with Crippen molar-refractivity contribution in [2.45, 2.75) is 6.92 Å². The van der Waals surface area contributed by atoms with Gasteiger partial charge in [0.05, 0.1) is 6.61 Å². The summed E-state index contributed by atoms with van der Waals surface area (Å²) in [4.78, 5) is 22.6. The van der Waals surface area contributed by atoms with E-state index in [0.717, 1.165) is 4.47 Å². The maximum atomic E-state index is 11.7. The zero-order valence-electron chi connectivity index (χ0n) is 9.93. The summed E-state index contributed by atoms with van der Waals surface area (Å²) in [5.41, 5.74) is 0.596. The summed E-state index contributed by atoms with van der Waals surface area (Å²) in [5, 5.41) is 0. The van der Waals surface area contributed by atoms with Crippen molar-refractivity contribution < 1.29 is 14.3 Å². The van der Waals surface area contributed by atoms with Crippen molar-refractivity contribution in [1.82, 2.24) is 0 Å². The van der Waals surface area contributed by atoms with E-state index >= 15 is 0 Å². The van der Waals surface area contributed by atoms with Crippen LogP contribution in [0.3, 0.4) is 0 Å². The van der Waals surface area contributed by atoms with Gasteiger partial charge in [0.15, 0.2) is 5.78 Å². The fraction of sp³-hybridized carbons (Fsp3) is 0.143. The van der Waals surface area contributed by atoms with E-state index in [0.29, 0.717) is 12.2 Å². The molecular weight excluding hydrogens is 296 g/mol. The fourth-order valence-corrected chi connectivity index (χ4v) is 1.44. The number of hydrogen-bond donors (Lipinski definition) is 0. The fourth-order valence-electron chi connectivity index (χ4n) is 1.18. The Balaban J connectivity index is 2.54. The molecule has 0 heterocycles. The highest BCUT2D eigenvalue weighted by atomic mass is 79.9. The Kier molecular flexibility index (Phi) is 6.08. The molecular formula is C14H13BrO3. The van der Waals surface area contributed by atoms with Crippen LogP contribution in [0.4, 0.5) is 0 Å². The first-order valence-electron chi connectivity index (χ1n) is 5.45. The molecule has 0 N–H and O–H groups in total. The standard InChI is InChI=1S/C14H13BrO3/c1-2-18-14(17)6-4-3-5-13(16)11-7-9-12(15)10-8-11/h3-10H,2H2,1H3/b5-3+,6-4+. The predicted octanol–water partition coefficient (Wildman–Crippen LogP) is 3.31. The van der Waals surface area contributed by atoms with Crippen molar-refractivity contribution in [3.8, 4) is 0 Å². The van der Waals surface area contributed by atoms with Gasteiger partial charge < -0.3 is 4.74 Å². The second-order valence-electron chi connectivity index (χ2n) is 3.34. The summed E-state index contributed by atoms with van der Waals surface area (Å²) in [5.74, 6) is -0.533. The summed E-state index contributed by atoms with van der Waals surface area (Å²) < 4.78 is 5.62. The van der Waals surface area contributed by atoms with Gasteiger partial charge in [-0.2, -0.15) is 0 Å². The van der Waals surface area contributed by atoms with Gasteiger partial charge in [-0.15, -0.1) is 0 Å². The lowest BCUT2D eigenvalue weighted by molar-refractivity contribution is -0.137. The van der Waals surface area contributed by atoms with Gasteiger partial charge >= 0.3 is 5.97 Å². The molecule has 0 fully saturated rings. The number of rotatable bonds is 5. The van der Waals surface area contributed by atoms with E-state index in [-0.39, 0.29) is 5.78 Å². The van der Waals surface area contributed by atoms with Crippen LogP contribution in [0.2, 0.25) is 0 Å². The van der Waals surface area contributed by atoms with Crippen molar-refractivity contribution in [2.24, 2.45) is 0 Å². The summed E-state index contributed by atoms with van der Waals surface area (Å²) in [7, 11) is 0. The molecule has 3 nitrogen and oxygen atoms in total. The molecule has 0 radical (unpaired) electrons. The highest BCUT2D eigenvalue weighted by Gasteiger charge is 1.99. The van der Waals surface area contributed by atoms with Gasteiger partial charge in [0, 0.05) is 16.1 Å². The molecule has 0 saturated carbocycles. The van der Waals surface area contributed by atoms with Gasteiger partial charge in [0.1, 0.15) is 0 Å². The molecule has 0 bridgehead atoms. The lowest BCUT2D eigenvalue weighted by Gasteiger charge is -1.95. The zero-order chi connectivity index (χ0) is 13.4. The van der Waals surface area contributed by atoms with E-state index in [1.807, 2.05) is 0 Å². The van der Waals surface area contributed by atoms with Crippen LogP contribution in [-0.2, 0) is 9.53 Å². The molecule has 1 aromatic rings. The Morgan fingerprint density at radius 2 is 1.78 bits per heavy atom. The summed E-state index contributed by atoms with van der Waals surface area (Å²) in [6.07, 6.45) is 5.67. The number of ketones is 1. The molecule has 0 aromatic heterocycles. The summed E-state index contributed by atoms with van der Waals surface area (Å²) in [6.45, 7) is 2.07. The molecule has 0 aliphatic carbocycles. The molecule has 0 saturated heterocycles. The first kappa shape index (κ1) is 14.4. The van der Waals surface area contributed by atoms with E-state index in [2.05, 4.69) is 15.9 Å². The molecule has 0 atom stereocenters. The van der Waals surface area contributed by atoms with E-state index in [4.69, 9.17) is 4.74 Å². The topological polar surface area (TPSA) is 43.4 Å². The van der Waals surface area contributed by atoms with Crippen molar-refractivity contribution in [3.05, 3.63) is 58.6 Å². The monoisotopic (exact) mass is 308 g/mol. The Hall–Kier alpha value is -1.68. The number of hydrogen-bond acceptors (Lipinski definition) is 3. The van der Waals surface area contributed by atoms with Crippen LogP contribution in [0.1, 0.15) is 17.3 Å². The van der Waals surface area contributed by atoms with Gasteiger partial charge in [0.25, 0.3) is 0 Å². The zero-order valence-corrected chi connectivity index (χ0v) is 11.5. The van der Waals surface area contributed by atoms with Gasteiger partial charge in [-0.25, -0.2) is 4.79 Å². The summed E-state index contributed by atoms with van der Waals surface area (Å²) in [6, 6.07) is 7.06. The lowest BCUT2D eigenvalue weighted by atomic mass is 10.1. The number of ether oxygens (including phenoxy) is 1. The van der Waals surface area contributed by atoms with E-state index in [1.165, 1.54) is 24.3 Å². The minimum atomic E-state index is -0.418. The maximum Gasteiger partial charge on any atom is 0.330 e. The molecule has 4 heteroatoms. The van der Waals surface area contributed by atoms with Crippen LogP contribution in [0.5, 0.6) is 0 Å². The lowest BCUT2D eigenvalue weighted by Crippen LogP contribution is -1.98. The quantitative estimate of drug-likeness (QED) is 0.363. The largest absolute Gasteiger partial charge is 0.463 e. The third kappa shape index (κ3) is 5.10. The SMILES string of the molecule is CCOC(=O)/C=C/C=C/C(=O)c1ccc(Br)cc1. The number of allylic oxidation sites excluding steroid dienone is 3. The van der Waals surface area contributed by atoms with Gasteiger partial charge in [0.2, 0.25) is 0 Å². The van der Waals surface area contributed by atoms with Crippen LogP contribution in [-0.4, -0.2) is 18.4 Å². The third-order valence-corrected chi connectivity index (χ3v) is 2.54. The molecule has 1 rings (SSSR count). The highest BCUT2D eigenvalue weighted by Crippen LogP contribution is 2.11. The molecule has 1 aromatic carbocycles. The second kappa shape index (κ2) is 7.61. The van der Waals surface area contributed by atoms with Crippen LogP contribution in [0, 0.1) is 0 Å². The number of carbonyl (C=O) groups is 2. The van der Waals surface area contributed by atoms with E-state index in [1.54, 1.807) is 31.2 Å². The van der Waals surface area contributed by atoms with Gasteiger partial charge in [-0.3, -0.25) is 4.79 Å². The number of halogens is 1. The number of benzene rings is 1. The van der Waals surface area contributed by atoms with Gasteiger partial charge in [-0.05, 0) is 37.3 Å². The van der Waals surface area contributed by atoms with Crippen LogP contribution in [0.25, 0.3) is 0 Å². The minimum absolute atomic E-state index is 0.115. The maximum absolute atomic E-state index is 11.7. The summed E-state index contributed by atoms with van der Waals surface area (Å²) >= 11 is 3.30. The first-order chi connectivity index (χ1) is 8.63. The van der Waals surface area contributed by atoms with E-state index < -0.39 is 5.97 Å². The minimum Gasteiger partial charge on any atom is -0.463 e. The van der Waals surface area contributed by atoms with Crippen molar-refractivity contribution >= 4 is 27.7 Å². The van der Waals surface area contributed by atoms with Crippen molar-refractivity contribution in [2.75, 3.05) is 6.61 Å². The average Bonchev–Trinajstić information content (AvgIpc) is 2.35. The van der Waals surface area contributed by atoms with Crippen LogP contribution in [0.15, 0.2) is 53.0 Å². The van der Waals surface area contributed by atoms with E-state index in [9.17, 15) is 9.59 Å². The smallest absolute Gasteiger partial charge is 0.330 e. The Bertz CT molecular complexity index is 472. The highest BCUT2D eigenvalue weighted by molar-refractivity contribution is 9.10. The molecule has 18 heavy (non-hydrogen) atoms. The molecule has 0 spiro atoms. The molecule has 0 aliphatic heterocycles. The predicted molar refractivity (Wildman–Crippen MR) is 73.4 cm³/mol. The molecule has 0 unspecified atom stereocenters. The van der Waals surface area contributed by atoms with Crippen molar-refractivity contribution in [1.29, 1.82) is 0 Å². The van der Waals surface area contributed by atoms with Gasteiger partial charge in [-0.1, -0.05) is 28.1 Å². The third-order valence-electron chi connectivity index (χ3n) is 2.01. The normalized spacial score (nSPS) is 11.0. The molecule has 94 valence electrons. The number of esters is 1. The van der Waals surface area contributed by atoms with Crippen LogP contribution >= 0.6 is 15.9 Å². The Morgan fingerprint density at radius 1 is 1.17 bits per heavy atom. The Labute approximate surface area is 114 Å². The van der Waals surface area contributed by atoms with Crippen LogP contribution < -0.4 is 0 Å². The Morgan fingerprint density at radius 3 is 2.39 bits per heavy atom. The first-order valence-corrected chi connectivity index (χ1v) is 6.24. The average molecular weight is 309 g/mol.